The molecule has 0 unspecified atom stereocenters. The van der Waals surface area contributed by atoms with E-state index in [0.717, 1.165) is 31.5 Å². The smallest absolute Gasteiger partial charge is 0.253 e. The lowest BCUT2D eigenvalue weighted by Crippen LogP contribution is -2.38. The van der Waals surface area contributed by atoms with Crippen molar-refractivity contribution in [1.82, 2.24) is 9.88 Å². The van der Waals surface area contributed by atoms with Crippen molar-refractivity contribution in [1.29, 1.82) is 0 Å². The summed E-state index contributed by atoms with van der Waals surface area (Å²) >= 11 is 0. The van der Waals surface area contributed by atoms with Crippen LogP contribution < -0.4 is 0 Å². The zero-order valence-corrected chi connectivity index (χ0v) is 14.9. The van der Waals surface area contributed by atoms with Crippen LogP contribution in [0.1, 0.15) is 45.9 Å². The summed E-state index contributed by atoms with van der Waals surface area (Å²) in [4.78, 5) is 18.3. The number of para-hydroxylation sites is 1. The molecule has 0 spiro atoms. The van der Waals surface area contributed by atoms with Gasteiger partial charge in [0.2, 0.25) is 0 Å². The molecule has 0 aliphatic carbocycles. The van der Waals surface area contributed by atoms with Crippen LogP contribution in [0.15, 0.2) is 48.5 Å². The Kier molecular flexibility index (Phi) is 4.08. The molecule has 1 amide bonds. The average molecular weight is 332 g/mol. The number of benzene rings is 2. The molecule has 0 saturated carbocycles. The van der Waals surface area contributed by atoms with E-state index in [2.05, 4.69) is 49.2 Å². The largest absolute Gasteiger partial charge is 0.358 e. The van der Waals surface area contributed by atoms with Gasteiger partial charge in [0.15, 0.2) is 0 Å². The van der Waals surface area contributed by atoms with Gasteiger partial charge in [0.1, 0.15) is 0 Å². The van der Waals surface area contributed by atoms with Gasteiger partial charge in [-0.05, 0) is 67.5 Å². The van der Waals surface area contributed by atoms with E-state index in [1.165, 1.54) is 27.7 Å². The van der Waals surface area contributed by atoms with Crippen LogP contribution in [-0.4, -0.2) is 28.9 Å². The van der Waals surface area contributed by atoms with Gasteiger partial charge in [-0.3, -0.25) is 4.79 Å². The molecule has 1 fully saturated rings. The van der Waals surface area contributed by atoms with Gasteiger partial charge >= 0.3 is 0 Å². The number of H-pyrrole nitrogens is 1. The van der Waals surface area contributed by atoms with E-state index in [-0.39, 0.29) is 5.91 Å². The maximum absolute atomic E-state index is 12.8. The van der Waals surface area contributed by atoms with Crippen LogP contribution in [0.3, 0.4) is 0 Å². The fourth-order valence-corrected chi connectivity index (χ4v) is 3.77. The first kappa shape index (κ1) is 15.9. The van der Waals surface area contributed by atoms with Crippen molar-refractivity contribution < 1.29 is 4.79 Å². The van der Waals surface area contributed by atoms with Crippen LogP contribution in [0.4, 0.5) is 0 Å². The van der Waals surface area contributed by atoms with Gasteiger partial charge in [-0.25, -0.2) is 0 Å². The minimum absolute atomic E-state index is 0.165. The first-order valence-electron chi connectivity index (χ1n) is 9.06. The fraction of sp³-hybridized carbons (Fsp3) is 0.318. The second-order valence-electron chi connectivity index (χ2n) is 7.18. The van der Waals surface area contributed by atoms with Crippen LogP contribution in [0.5, 0.6) is 0 Å². The number of fused-ring (bicyclic) bond motifs is 1. The molecule has 1 aliphatic rings. The zero-order valence-electron chi connectivity index (χ0n) is 14.9. The van der Waals surface area contributed by atoms with Crippen molar-refractivity contribution in [3.63, 3.8) is 0 Å². The number of hydrogen-bond acceptors (Lipinski definition) is 1. The van der Waals surface area contributed by atoms with Crippen LogP contribution >= 0.6 is 0 Å². The summed E-state index contributed by atoms with van der Waals surface area (Å²) in [6, 6.07) is 16.7. The number of nitrogens with one attached hydrogen (secondary N) is 1. The Bertz CT molecular complexity index is 884. The molecule has 3 nitrogen and oxygen atoms in total. The third kappa shape index (κ3) is 3.07. The highest BCUT2D eigenvalue weighted by Gasteiger charge is 2.25. The zero-order chi connectivity index (χ0) is 17.4. The van der Waals surface area contributed by atoms with Gasteiger partial charge in [0.25, 0.3) is 5.91 Å². The molecule has 1 aromatic heterocycles. The molecule has 1 N–H and O–H groups in total. The maximum atomic E-state index is 12.8. The Morgan fingerprint density at radius 1 is 1.00 bits per heavy atom. The lowest BCUT2D eigenvalue weighted by Gasteiger charge is -2.31. The Morgan fingerprint density at radius 2 is 1.76 bits per heavy atom. The SMILES string of the molecule is Cc1ccc(C(=O)N2CCC(c3cc4ccccc4[nH]3)CC2)cc1C. The van der Waals surface area contributed by atoms with Crippen LogP contribution in [0.2, 0.25) is 0 Å². The monoisotopic (exact) mass is 332 g/mol. The predicted molar refractivity (Wildman–Crippen MR) is 102 cm³/mol. The van der Waals surface area contributed by atoms with Crippen LogP contribution in [0, 0.1) is 13.8 Å². The second-order valence-corrected chi connectivity index (χ2v) is 7.18. The molecule has 128 valence electrons. The van der Waals surface area contributed by atoms with E-state index in [4.69, 9.17) is 0 Å². The minimum atomic E-state index is 0.165. The first-order valence-corrected chi connectivity index (χ1v) is 9.06. The van der Waals surface area contributed by atoms with E-state index in [0.29, 0.717) is 5.92 Å². The van der Waals surface area contributed by atoms with Gasteiger partial charge in [-0.2, -0.15) is 0 Å². The summed E-state index contributed by atoms with van der Waals surface area (Å²) in [5.74, 6) is 0.675. The highest BCUT2D eigenvalue weighted by Crippen LogP contribution is 2.30. The summed E-state index contributed by atoms with van der Waals surface area (Å²) < 4.78 is 0. The molecular formula is C22H24N2O. The number of aromatic nitrogens is 1. The summed E-state index contributed by atoms with van der Waals surface area (Å²) in [5, 5.41) is 1.27. The van der Waals surface area contributed by atoms with Crippen molar-refractivity contribution >= 4 is 16.8 Å². The number of likely N-dealkylation sites (tertiary alicyclic amines) is 1. The van der Waals surface area contributed by atoms with Crippen LogP contribution in [0.25, 0.3) is 10.9 Å². The first-order chi connectivity index (χ1) is 12.1. The summed E-state index contributed by atoms with van der Waals surface area (Å²) in [5.41, 5.74) is 5.73. The van der Waals surface area contributed by atoms with Crippen molar-refractivity contribution in [2.45, 2.75) is 32.6 Å². The van der Waals surface area contributed by atoms with E-state index in [9.17, 15) is 4.79 Å². The number of aromatic amines is 1. The number of hydrogen-bond donors (Lipinski definition) is 1. The highest BCUT2D eigenvalue weighted by atomic mass is 16.2. The van der Waals surface area contributed by atoms with Gasteiger partial charge in [-0.1, -0.05) is 24.3 Å². The molecular weight excluding hydrogens is 308 g/mol. The summed E-state index contributed by atoms with van der Waals surface area (Å²) in [7, 11) is 0. The van der Waals surface area contributed by atoms with Crippen molar-refractivity contribution in [3.8, 4) is 0 Å². The number of aryl methyl sites for hydroxylation is 2. The maximum Gasteiger partial charge on any atom is 0.253 e. The Morgan fingerprint density at radius 3 is 2.48 bits per heavy atom. The lowest BCUT2D eigenvalue weighted by atomic mass is 9.93. The molecule has 4 rings (SSSR count). The number of amides is 1. The Labute approximate surface area is 148 Å². The molecule has 1 aliphatic heterocycles. The average Bonchev–Trinajstić information content (AvgIpc) is 3.08. The third-order valence-electron chi connectivity index (χ3n) is 5.53. The number of nitrogens with zero attached hydrogens (tertiary/aromatic N) is 1. The van der Waals surface area contributed by atoms with Crippen molar-refractivity contribution in [2.24, 2.45) is 0 Å². The molecule has 0 bridgehead atoms. The van der Waals surface area contributed by atoms with Gasteiger partial charge < -0.3 is 9.88 Å². The highest BCUT2D eigenvalue weighted by molar-refractivity contribution is 5.94. The molecule has 2 aromatic carbocycles. The fourth-order valence-electron chi connectivity index (χ4n) is 3.77. The van der Waals surface area contributed by atoms with Crippen molar-refractivity contribution in [2.75, 3.05) is 13.1 Å². The number of carbonyl (C=O) groups excluding carboxylic acids is 1. The Hall–Kier alpha value is -2.55. The predicted octanol–water partition coefficient (Wildman–Crippen LogP) is 4.80. The number of piperidine rings is 1. The summed E-state index contributed by atoms with van der Waals surface area (Å²) in [6.45, 7) is 5.79. The molecule has 0 radical (unpaired) electrons. The van der Waals surface area contributed by atoms with E-state index < -0.39 is 0 Å². The Balaban J connectivity index is 1.45. The van der Waals surface area contributed by atoms with Gasteiger partial charge in [0.05, 0.1) is 0 Å². The molecule has 25 heavy (non-hydrogen) atoms. The topological polar surface area (TPSA) is 36.1 Å². The minimum Gasteiger partial charge on any atom is -0.358 e. The molecule has 2 heterocycles. The number of rotatable bonds is 2. The molecule has 3 heteroatoms. The standard InChI is InChI=1S/C22H24N2O/c1-15-7-8-19(13-16(15)2)22(25)24-11-9-17(10-12-24)21-14-18-5-3-4-6-20(18)23-21/h3-8,13-14,17,23H,9-12H2,1-2H3. The van der Waals surface area contributed by atoms with Gasteiger partial charge in [0, 0.05) is 35.8 Å². The molecule has 1 saturated heterocycles. The van der Waals surface area contributed by atoms with Crippen LogP contribution in [-0.2, 0) is 0 Å². The van der Waals surface area contributed by atoms with E-state index in [1.54, 1.807) is 0 Å². The lowest BCUT2D eigenvalue weighted by molar-refractivity contribution is 0.0712. The number of carbonyl (C=O) groups is 1. The molecule has 3 aromatic rings. The third-order valence-corrected chi connectivity index (χ3v) is 5.53. The van der Waals surface area contributed by atoms with Crippen molar-refractivity contribution in [3.05, 3.63) is 70.9 Å². The second kappa shape index (κ2) is 6.40. The normalized spacial score (nSPS) is 15.7. The van der Waals surface area contributed by atoms with E-state index >= 15 is 0 Å². The van der Waals surface area contributed by atoms with Gasteiger partial charge in [-0.15, -0.1) is 0 Å². The molecule has 0 atom stereocenters. The summed E-state index contributed by atoms with van der Waals surface area (Å²) in [6.07, 6.45) is 2.03. The van der Waals surface area contributed by atoms with E-state index in [1.807, 2.05) is 23.1 Å². The quantitative estimate of drug-likeness (QED) is 0.718.